The number of benzene rings is 3. The largest absolute Gasteiger partial charge is 0.506 e. The number of nitro groups is 1. The van der Waals surface area contributed by atoms with E-state index in [1.807, 2.05) is 31.2 Å². The number of azo groups is 1. The van der Waals surface area contributed by atoms with Crippen LogP contribution in [0.25, 0.3) is 11.1 Å². The van der Waals surface area contributed by atoms with Gasteiger partial charge in [-0.25, -0.2) is 0 Å². The third-order valence-electron chi connectivity index (χ3n) is 4.26. The number of nitro benzene ring substituents is 1. The van der Waals surface area contributed by atoms with Gasteiger partial charge in [0.2, 0.25) is 0 Å². The van der Waals surface area contributed by atoms with Crippen LogP contribution in [-0.4, -0.2) is 21.7 Å². The van der Waals surface area contributed by atoms with Crippen molar-refractivity contribution in [1.29, 1.82) is 0 Å². The summed E-state index contributed by atoms with van der Waals surface area (Å²) >= 11 is 0. The van der Waals surface area contributed by atoms with Gasteiger partial charge >= 0.3 is 0 Å². The minimum absolute atomic E-state index is 0.0344. The van der Waals surface area contributed by atoms with Crippen molar-refractivity contribution in [2.75, 3.05) is 6.61 Å². The van der Waals surface area contributed by atoms with Crippen molar-refractivity contribution in [3.63, 3.8) is 0 Å². The van der Waals surface area contributed by atoms with E-state index >= 15 is 0 Å². The zero-order valence-electron chi connectivity index (χ0n) is 15.2. The second-order valence-electron chi connectivity index (χ2n) is 6.32. The average molecular weight is 377 g/mol. The summed E-state index contributed by atoms with van der Waals surface area (Å²) in [4.78, 5) is 11.0. The van der Waals surface area contributed by atoms with Crippen LogP contribution in [-0.2, 0) is 6.42 Å². The highest BCUT2D eigenvalue weighted by molar-refractivity contribution is 5.72. The van der Waals surface area contributed by atoms with Crippen LogP contribution < -0.4 is 0 Å². The predicted molar refractivity (Wildman–Crippen MR) is 106 cm³/mol. The maximum atomic E-state index is 11.5. The molecule has 0 aliphatic heterocycles. The van der Waals surface area contributed by atoms with Gasteiger partial charge < -0.3 is 10.2 Å². The van der Waals surface area contributed by atoms with Crippen molar-refractivity contribution in [3.05, 3.63) is 81.9 Å². The minimum Gasteiger partial charge on any atom is -0.506 e. The molecule has 0 bridgehead atoms. The van der Waals surface area contributed by atoms with E-state index in [0.29, 0.717) is 12.0 Å². The molecule has 142 valence electrons. The molecule has 3 aromatic rings. The van der Waals surface area contributed by atoms with E-state index in [4.69, 9.17) is 5.11 Å². The molecule has 0 aliphatic rings. The van der Waals surface area contributed by atoms with Crippen molar-refractivity contribution in [1.82, 2.24) is 0 Å². The van der Waals surface area contributed by atoms with Gasteiger partial charge in [-0.05, 0) is 48.2 Å². The molecule has 0 saturated heterocycles. The van der Waals surface area contributed by atoms with Crippen molar-refractivity contribution in [2.45, 2.75) is 13.3 Å². The monoisotopic (exact) mass is 377 g/mol. The number of aromatic hydroxyl groups is 1. The molecule has 0 amide bonds. The lowest BCUT2D eigenvalue weighted by Crippen LogP contribution is -1.90. The zero-order chi connectivity index (χ0) is 20.1. The molecule has 0 spiro atoms. The Morgan fingerprint density at radius 2 is 1.61 bits per heavy atom. The van der Waals surface area contributed by atoms with E-state index in [0.717, 1.165) is 16.7 Å². The Kier molecular flexibility index (Phi) is 5.76. The van der Waals surface area contributed by atoms with Gasteiger partial charge in [0.1, 0.15) is 11.4 Å². The van der Waals surface area contributed by atoms with Crippen LogP contribution >= 0.6 is 0 Å². The van der Waals surface area contributed by atoms with Crippen LogP contribution in [0.1, 0.15) is 11.1 Å². The summed E-state index contributed by atoms with van der Waals surface area (Å²) in [7, 11) is 0. The number of phenolic OH excluding ortho intramolecular Hbond substituents is 1. The smallest absolute Gasteiger partial charge is 0.297 e. The Morgan fingerprint density at radius 1 is 0.929 bits per heavy atom. The maximum Gasteiger partial charge on any atom is 0.297 e. The molecule has 0 radical (unpaired) electrons. The lowest BCUT2D eigenvalue weighted by molar-refractivity contribution is -0.384. The van der Waals surface area contributed by atoms with Gasteiger partial charge in [0.15, 0.2) is 5.69 Å². The van der Waals surface area contributed by atoms with Gasteiger partial charge in [-0.3, -0.25) is 10.1 Å². The fourth-order valence-electron chi connectivity index (χ4n) is 2.72. The second-order valence-corrected chi connectivity index (χ2v) is 6.32. The molecule has 3 aromatic carbocycles. The van der Waals surface area contributed by atoms with Crippen LogP contribution in [0.4, 0.5) is 17.1 Å². The Hall–Kier alpha value is -3.58. The van der Waals surface area contributed by atoms with Gasteiger partial charge in [-0.2, -0.15) is 0 Å². The summed E-state index contributed by atoms with van der Waals surface area (Å²) in [6.45, 7) is 1.94. The average Bonchev–Trinajstić information content (AvgIpc) is 2.69. The molecule has 7 heteroatoms. The molecular formula is C21H19N3O4. The molecule has 0 saturated carbocycles. The number of hydrogen-bond acceptors (Lipinski definition) is 6. The van der Waals surface area contributed by atoms with Gasteiger partial charge in [0.25, 0.3) is 5.69 Å². The summed E-state index contributed by atoms with van der Waals surface area (Å²) in [5, 5.41) is 38.4. The molecule has 0 heterocycles. The summed E-state index contributed by atoms with van der Waals surface area (Å²) in [5.41, 5.74) is 3.55. The predicted octanol–water partition coefficient (Wildman–Crippen LogP) is 5.23. The van der Waals surface area contributed by atoms with Crippen LogP contribution in [0.2, 0.25) is 0 Å². The number of aryl methyl sites for hydroxylation is 1. The first-order chi connectivity index (χ1) is 13.5. The van der Waals surface area contributed by atoms with Crippen LogP contribution in [0.5, 0.6) is 5.75 Å². The van der Waals surface area contributed by atoms with E-state index in [-0.39, 0.29) is 29.4 Å². The molecule has 2 N–H and O–H groups in total. The van der Waals surface area contributed by atoms with Crippen molar-refractivity contribution >= 4 is 17.1 Å². The first-order valence-electron chi connectivity index (χ1n) is 8.68. The number of phenols is 1. The highest BCUT2D eigenvalue weighted by atomic mass is 16.6. The fourth-order valence-corrected chi connectivity index (χ4v) is 2.72. The van der Waals surface area contributed by atoms with E-state index in [1.54, 1.807) is 18.2 Å². The number of hydrogen-bond donors (Lipinski definition) is 2. The van der Waals surface area contributed by atoms with Gasteiger partial charge in [-0.1, -0.05) is 42.0 Å². The van der Waals surface area contributed by atoms with Gasteiger partial charge in [0, 0.05) is 12.7 Å². The zero-order valence-corrected chi connectivity index (χ0v) is 15.2. The van der Waals surface area contributed by atoms with Crippen molar-refractivity contribution in [2.24, 2.45) is 10.2 Å². The lowest BCUT2D eigenvalue weighted by atomic mass is 10.0. The molecule has 28 heavy (non-hydrogen) atoms. The molecule has 3 rings (SSSR count). The Balaban J connectivity index is 1.96. The summed E-state index contributed by atoms with van der Waals surface area (Å²) < 4.78 is 0. The SMILES string of the molecule is Cc1ccc(-c2ccc(N=Nc3cc(CCO)ccc3O)c([N+](=O)[O-])c2)cc1. The normalized spacial score (nSPS) is 11.1. The van der Waals surface area contributed by atoms with E-state index in [1.165, 1.54) is 18.2 Å². The minimum atomic E-state index is -0.506. The third-order valence-corrected chi connectivity index (χ3v) is 4.26. The second kappa shape index (κ2) is 8.41. The Bertz CT molecular complexity index is 1030. The molecule has 0 fully saturated rings. The molecule has 0 atom stereocenters. The summed E-state index contributed by atoms with van der Waals surface area (Å²) in [6.07, 6.45) is 0.411. The van der Waals surface area contributed by atoms with Crippen molar-refractivity contribution in [3.8, 4) is 16.9 Å². The van der Waals surface area contributed by atoms with E-state index in [2.05, 4.69) is 10.2 Å². The van der Waals surface area contributed by atoms with Crippen molar-refractivity contribution < 1.29 is 15.1 Å². The molecule has 7 nitrogen and oxygen atoms in total. The van der Waals surface area contributed by atoms with Gasteiger partial charge in [0.05, 0.1) is 4.92 Å². The molecule has 0 unspecified atom stereocenters. The number of rotatable bonds is 6. The lowest BCUT2D eigenvalue weighted by Gasteiger charge is -2.05. The Labute approximate surface area is 161 Å². The molecular weight excluding hydrogens is 358 g/mol. The maximum absolute atomic E-state index is 11.5. The fraction of sp³-hybridized carbons (Fsp3) is 0.143. The van der Waals surface area contributed by atoms with Crippen LogP contribution in [0.15, 0.2) is 70.9 Å². The summed E-state index contributed by atoms with van der Waals surface area (Å²) in [5.74, 6) is -0.0932. The first kappa shape index (κ1) is 19.2. The topological polar surface area (TPSA) is 108 Å². The number of aliphatic hydroxyl groups excluding tert-OH is 1. The number of nitrogens with zero attached hydrogens (tertiary/aromatic N) is 3. The molecule has 0 aliphatic carbocycles. The quantitative estimate of drug-likeness (QED) is 0.348. The number of aliphatic hydroxyl groups is 1. The highest BCUT2D eigenvalue weighted by Gasteiger charge is 2.15. The third kappa shape index (κ3) is 4.39. The van der Waals surface area contributed by atoms with Crippen LogP contribution in [0.3, 0.4) is 0 Å². The van der Waals surface area contributed by atoms with E-state index in [9.17, 15) is 15.2 Å². The Morgan fingerprint density at radius 3 is 2.29 bits per heavy atom. The summed E-state index contributed by atoms with van der Waals surface area (Å²) in [6, 6.07) is 17.1. The van der Waals surface area contributed by atoms with E-state index < -0.39 is 4.92 Å². The molecule has 0 aromatic heterocycles. The van der Waals surface area contributed by atoms with Crippen LogP contribution in [0, 0.1) is 17.0 Å². The standard InChI is InChI=1S/C21H19N3O4/c1-14-2-5-16(6-3-14)17-7-8-18(20(13-17)24(27)28)22-23-19-12-15(10-11-25)4-9-21(19)26/h2-9,12-13,25-26H,10-11H2,1H3. The highest BCUT2D eigenvalue weighted by Crippen LogP contribution is 2.35. The van der Waals surface area contributed by atoms with Gasteiger partial charge in [-0.15, -0.1) is 10.2 Å². The first-order valence-corrected chi connectivity index (χ1v) is 8.68.